The molecule has 1 heterocycles. The summed E-state index contributed by atoms with van der Waals surface area (Å²) in [6, 6.07) is 8.10. The summed E-state index contributed by atoms with van der Waals surface area (Å²) in [6.07, 6.45) is 0. The number of urea groups is 1. The maximum absolute atomic E-state index is 12.3. The van der Waals surface area contributed by atoms with E-state index in [1.165, 1.54) is 11.3 Å². The van der Waals surface area contributed by atoms with Crippen LogP contribution in [0.25, 0.3) is 10.2 Å². The monoisotopic (exact) mass is 277 g/mol. The average Bonchev–Trinajstić information content (AvgIpc) is 2.69. The van der Waals surface area contributed by atoms with Crippen molar-refractivity contribution in [2.75, 3.05) is 5.32 Å². The number of hydrogen-bond donors (Lipinski definition) is 1. The Labute approximate surface area is 117 Å². The second kappa shape index (κ2) is 5.57. The number of rotatable bonds is 3. The Hall–Kier alpha value is -1.62. The number of fused-ring (bicyclic) bond motifs is 1. The molecule has 0 bridgehead atoms. The number of hydrogen-bond acceptors (Lipinski definition) is 3. The Bertz CT molecular complexity index is 536. The maximum Gasteiger partial charge on any atom is 0.324 e. The zero-order chi connectivity index (χ0) is 14.0. The molecule has 0 fully saturated rings. The summed E-state index contributed by atoms with van der Waals surface area (Å²) >= 11 is 1.50. The van der Waals surface area contributed by atoms with Gasteiger partial charge in [0.2, 0.25) is 0 Å². The lowest BCUT2D eigenvalue weighted by atomic mass is 10.2. The summed E-state index contributed by atoms with van der Waals surface area (Å²) in [5.41, 5.74) is 0.920. The molecular weight excluding hydrogens is 258 g/mol. The Morgan fingerprint density at radius 3 is 2.42 bits per heavy atom. The van der Waals surface area contributed by atoms with Crippen LogP contribution in [-0.2, 0) is 0 Å². The van der Waals surface area contributed by atoms with Crippen LogP contribution in [-0.4, -0.2) is 28.0 Å². The van der Waals surface area contributed by atoms with Crippen LogP contribution >= 0.6 is 11.3 Å². The molecule has 0 atom stereocenters. The van der Waals surface area contributed by atoms with Gasteiger partial charge in [-0.2, -0.15) is 0 Å². The van der Waals surface area contributed by atoms with Crippen molar-refractivity contribution in [1.29, 1.82) is 0 Å². The van der Waals surface area contributed by atoms with Gasteiger partial charge < -0.3 is 4.90 Å². The van der Waals surface area contributed by atoms with Gasteiger partial charge in [0.1, 0.15) is 0 Å². The summed E-state index contributed by atoms with van der Waals surface area (Å²) in [5, 5.41) is 3.54. The van der Waals surface area contributed by atoms with Gasteiger partial charge in [0, 0.05) is 12.1 Å². The number of anilines is 1. The molecule has 0 saturated heterocycles. The minimum atomic E-state index is -0.0935. The fraction of sp³-hybridized carbons (Fsp3) is 0.429. The van der Waals surface area contributed by atoms with E-state index >= 15 is 0 Å². The van der Waals surface area contributed by atoms with E-state index in [0.29, 0.717) is 5.13 Å². The van der Waals surface area contributed by atoms with Crippen molar-refractivity contribution in [3.8, 4) is 0 Å². The van der Waals surface area contributed by atoms with E-state index in [-0.39, 0.29) is 18.1 Å². The molecule has 0 aliphatic rings. The standard InChI is InChI=1S/C14H19N3OS/c1-9(2)17(10(3)4)14(18)16-13-15-11-7-5-6-8-12(11)19-13/h5-10H,1-4H3,(H,15,16,18). The molecule has 102 valence electrons. The summed E-state index contributed by atoms with van der Waals surface area (Å²) in [4.78, 5) is 18.5. The van der Waals surface area contributed by atoms with Gasteiger partial charge >= 0.3 is 6.03 Å². The minimum Gasteiger partial charge on any atom is -0.320 e. The first kappa shape index (κ1) is 13.8. The highest BCUT2D eigenvalue weighted by molar-refractivity contribution is 7.22. The van der Waals surface area contributed by atoms with E-state index in [2.05, 4.69) is 10.3 Å². The molecule has 5 heteroatoms. The van der Waals surface area contributed by atoms with Crippen LogP contribution in [0.4, 0.5) is 9.93 Å². The second-order valence-corrected chi connectivity index (χ2v) is 6.04. The number of benzene rings is 1. The Morgan fingerprint density at radius 2 is 1.84 bits per heavy atom. The zero-order valence-electron chi connectivity index (χ0n) is 11.7. The van der Waals surface area contributed by atoms with Gasteiger partial charge in [0.15, 0.2) is 5.13 Å². The van der Waals surface area contributed by atoms with Crippen molar-refractivity contribution in [2.45, 2.75) is 39.8 Å². The number of thiazole rings is 1. The average molecular weight is 277 g/mol. The number of nitrogens with zero attached hydrogens (tertiary/aromatic N) is 2. The summed E-state index contributed by atoms with van der Waals surface area (Å²) < 4.78 is 1.08. The minimum absolute atomic E-state index is 0.0935. The molecule has 0 unspecified atom stereocenters. The summed E-state index contributed by atoms with van der Waals surface area (Å²) in [7, 11) is 0. The lowest BCUT2D eigenvalue weighted by Crippen LogP contribution is -2.44. The van der Waals surface area contributed by atoms with Crippen molar-refractivity contribution in [1.82, 2.24) is 9.88 Å². The fourth-order valence-corrected chi connectivity index (χ4v) is 3.00. The van der Waals surface area contributed by atoms with Crippen molar-refractivity contribution in [2.24, 2.45) is 0 Å². The van der Waals surface area contributed by atoms with Crippen LogP contribution < -0.4 is 5.32 Å². The number of nitrogens with one attached hydrogen (secondary N) is 1. The Morgan fingerprint density at radius 1 is 1.21 bits per heavy atom. The molecule has 2 amide bonds. The molecule has 0 saturated carbocycles. The molecule has 1 N–H and O–H groups in total. The van der Waals surface area contributed by atoms with Gasteiger partial charge in [0.25, 0.3) is 0 Å². The first-order valence-electron chi connectivity index (χ1n) is 6.44. The largest absolute Gasteiger partial charge is 0.324 e. The predicted octanol–water partition coefficient (Wildman–Crippen LogP) is 3.95. The molecule has 0 radical (unpaired) electrons. The van der Waals surface area contributed by atoms with Crippen molar-refractivity contribution >= 4 is 32.7 Å². The van der Waals surface area contributed by atoms with Gasteiger partial charge in [0.05, 0.1) is 10.2 Å². The first-order chi connectivity index (χ1) is 8.99. The normalized spacial score (nSPS) is 11.3. The molecule has 2 rings (SSSR count). The molecule has 0 spiro atoms. The third-order valence-corrected chi connectivity index (χ3v) is 3.81. The van der Waals surface area contributed by atoms with Crippen LogP contribution in [0.2, 0.25) is 0 Å². The molecule has 19 heavy (non-hydrogen) atoms. The van der Waals surface area contributed by atoms with Crippen molar-refractivity contribution in [3.63, 3.8) is 0 Å². The highest BCUT2D eigenvalue weighted by atomic mass is 32.1. The van der Waals surface area contributed by atoms with Crippen molar-refractivity contribution < 1.29 is 4.79 Å². The summed E-state index contributed by atoms with van der Waals surface area (Å²) in [6.45, 7) is 8.05. The zero-order valence-corrected chi connectivity index (χ0v) is 12.5. The van der Waals surface area contributed by atoms with Gasteiger partial charge in [-0.15, -0.1) is 0 Å². The lowest BCUT2D eigenvalue weighted by Gasteiger charge is -2.30. The topological polar surface area (TPSA) is 45.2 Å². The van der Waals surface area contributed by atoms with E-state index in [4.69, 9.17) is 0 Å². The maximum atomic E-state index is 12.3. The van der Waals surface area contributed by atoms with Gasteiger partial charge in [-0.05, 0) is 39.8 Å². The smallest absolute Gasteiger partial charge is 0.320 e. The van der Waals surface area contributed by atoms with Crippen LogP contribution in [0.3, 0.4) is 0 Å². The van der Waals surface area contributed by atoms with Crippen molar-refractivity contribution in [3.05, 3.63) is 24.3 Å². The third kappa shape index (κ3) is 3.04. The van der Waals surface area contributed by atoms with Crippen LogP contribution in [0.15, 0.2) is 24.3 Å². The third-order valence-electron chi connectivity index (χ3n) is 2.85. The van der Waals surface area contributed by atoms with Gasteiger partial charge in [-0.1, -0.05) is 23.5 Å². The number of carbonyl (C=O) groups excluding carboxylic acids is 1. The molecule has 4 nitrogen and oxygen atoms in total. The molecule has 2 aromatic rings. The van der Waals surface area contributed by atoms with Gasteiger partial charge in [-0.3, -0.25) is 5.32 Å². The number of amides is 2. The number of para-hydroxylation sites is 1. The predicted molar refractivity (Wildman–Crippen MR) is 80.7 cm³/mol. The van der Waals surface area contributed by atoms with E-state index in [1.54, 1.807) is 0 Å². The lowest BCUT2D eigenvalue weighted by molar-refractivity contribution is 0.178. The fourth-order valence-electron chi connectivity index (χ4n) is 2.15. The van der Waals surface area contributed by atoms with E-state index < -0.39 is 0 Å². The molecule has 1 aromatic carbocycles. The highest BCUT2D eigenvalue weighted by Crippen LogP contribution is 2.25. The Kier molecular flexibility index (Phi) is 4.04. The van der Waals surface area contributed by atoms with Crippen LogP contribution in [0, 0.1) is 0 Å². The molecule has 1 aromatic heterocycles. The van der Waals surface area contributed by atoms with E-state index in [1.807, 2.05) is 56.9 Å². The number of carbonyl (C=O) groups is 1. The van der Waals surface area contributed by atoms with Crippen LogP contribution in [0.5, 0.6) is 0 Å². The van der Waals surface area contributed by atoms with Crippen LogP contribution in [0.1, 0.15) is 27.7 Å². The molecular formula is C14H19N3OS. The SMILES string of the molecule is CC(C)N(C(=O)Nc1nc2ccccc2s1)C(C)C. The van der Waals surface area contributed by atoms with Gasteiger partial charge in [-0.25, -0.2) is 9.78 Å². The van der Waals surface area contributed by atoms with E-state index in [9.17, 15) is 4.79 Å². The first-order valence-corrected chi connectivity index (χ1v) is 7.25. The molecule has 0 aliphatic carbocycles. The van der Waals surface area contributed by atoms with E-state index in [0.717, 1.165) is 10.2 Å². The highest BCUT2D eigenvalue weighted by Gasteiger charge is 2.20. The summed E-state index contributed by atoms with van der Waals surface area (Å²) in [5.74, 6) is 0. The second-order valence-electron chi connectivity index (χ2n) is 5.01. The number of aromatic nitrogens is 1. The quantitative estimate of drug-likeness (QED) is 0.923. The Balaban J connectivity index is 2.17. The molecule has 0 aliphatic heterocycles.